The van der Waals surface area contributed by atoms with Crippen molar-refractivity contribution in [3.63, 3.8) is 0 Å². The van der Waals surface area contributed by atoms with E-state index in [1.165, 1.54) is 23.4 Å². The zero-order valence-corrected chi connectivity index (χ0v) is 14.3. The second kappa shape index (κ2) is 6.43. The zero-order valence-electron chi connectivity index (χ0n) is 12.7. The Balaban J connectivity index is 1.52. The standard InChI is InChI=1S/C16H18N4OS2/c21-7-6-20-15(9-12(19-20)13-5-2-8-22-13)17-10-16-18-11-3-1-4-14(11)23-16/h2,5,8-9,17,21H,1,3-4,6-7,10H2. The Hall–Kier alpha value is -1.70. The molecule has 0 fully saturated rings. The number of nitrogens with one attached hydrogen (secondary N) is 1. The fraction of sp³-hybridized carbons (Fsp3) is 0.375. The Kier molecular flexibility index (Phi) is 4.15. The number of anilines is 1. The number of rotatable bonds is 6. The third-order valence-electron chi connectivity index (χ3n) is 3.93. The highest BCUT2D eigenvalue weighted by molar-refractivity contribution is 7.13. The summed E-state index contributed by atoms with van der Waals surface area (Å²) in [5.74, 6) is 0.929. The van der Waals surface area contributed by atoms with Crippen molar-refractivity contribution in [3.05, 3.63) is 39.2 Å². The molecule has 3 aromatic heterocycles. The molecule has 0 atom stereocenters. The second-order valence-electron chi connectivity index (χ2n) is 5.52. The lowest BCUT2D eigenvalue weighted by atomic mass is 10.3. The van der Waals surface area contributed by atoms with Crippen LogP contribution >= 0.6 is 22.7 Å². The molecule has 120 valence electrons. The largest absolute Gasteiger partial charge is 0.394 e. The van der Waals surface area contributed by atoms with Gasteiger partial charge in [0.1, 0.15) is 16.5 Å². The van der Waals surface area contributed by atoms with Crippen LogP contribution in [0.25, 0.3) is 10.6 Å². The summed E-state index contributed by atoms with van der Waals surface area (Å²) in [5, 5.41) is 20.4. The summed E-state index contributed by atoms with van der Waals surface area (Å²) in [5.41, 5.74) is 2.23. The van der Waals surface area contributed by atoms with Crippen molar-refractivity contribution < 1.29 is 5.11 Å². The van der Waals surface area contributed by atoms with Gasteiger partial charge in [-0.3, -0.25) is 0 Å². The fourth-order valence-corrected chi connectivity index (χ4v) is 4.63. The van der Waals surface area contributed by atoms with E-state index in [-0.39, 0.29) is 6.61 Å². The smallest absolute Gasteiger partial charge is 0.125 e. The monoisotopic (exact) mass is 346 g/mol. The van der Waals surface area contributed by atoms with Crippen molar-refractivity contribution in [2.75, 3.05) is 11.9 Å². The molecule has 2 N–H and O–H groups in total. The van der Waals surface area contributed by atoms with E-state index in [0.717, 1.165) is 27.8 Å². The van der Waals surface area contributed by atoms with Gasteiger partial charge in [-0.2, -0.15) is 5.10 Å². The molecule has 23 heavy (non-hydrogen) atoms. The van der Waals surface area contributed by atoms with Gasteiger partial charge in [0, 0.05) is 10.9 Å². The molecule has 0 aliphatic heterocycles. The van der Waals surface area contributed by atoms with E-state index in [1.807, 2.05) is 33.5 Å². The molecule has 0 saturated heterocycles. The number of thiophene rings is 1. The number of fused-ring (bicyclic) bond motifs is 1. The first-order chi connectivity index (χ1) is 11.3. The van der Waals surface area contributed by atoms with Crippen molar-refractivity contribution in [2.45, 2.75) is 32.4 Å². The molecule has 0 unspecified atom stereocenters. The van der Waals surface area contributed by atoms with Gasteiger partial charge < -0.3 is 10.4 Å². The first-order valence-electron chi connectivity index (χ1n) is 7.77. The van der Waals surface area contributed by atoms with Crippen LogP contribution in [0.2, 0.25) is 0 Å². The van der Waals surface area contributed by atoms with Crippen LogP contribution in [0.5, 0.6) is 0 Å². The lowest BCUT2D eigenvalue weighted by Gasteiger charge is -2.07. The van der Waals surface area contributed by atoms with Gasteiger partial charge >= 0.3 is 0 Å². The molecule has 0 aromatic carbocycles. The quantitative estimate of drug-likeness (QED) is 0.720. The topological polar surface area (TPSA) is 63.0 Å². The number of aliphatic hydroxyl groups excluding tert-OH is 1. The molecule has 0 spiro atoms. The lowest BCUT2D eigenvalue weighted by Crippen LogP contribution is -2.10. The first-order valence-corrected chi connectivity index (χ1v) is 9.47. The summed E-state index contributed by atoms with van der Waals surface area (Å²) >= 11 is 3.48. The highest BCUT2D eigenvalue weighted by atomic mass is 32.1. The Morgan fingerprint density at radius 2 is 2.30 bits per heavy atom. The summed E-state index contributed by atoms with van der Waals surface area (Å²) < 4.78 is 1.83. The van der Waals surface area contributed by atoms with E-state index < -0.39 is 0 Å². The number of thiazole rings is 1. The Bertz CT molecular complexity index is 770. The predicted molar refractivity (Wildman–Crippen MR) is 94.1 cm³/mol. The summed E-state index contributed by atoms with van der Waals surface area (Å²) in [6.07, 6.45) is 3.55. The van der Waals surface area contributed by atoms with Gasteiger partial charge in [0.2, 0.25) is 0 Å². The molecule has 0 bridgehead atoms. The van der Waals surface area contributed by atoms with Crippen molar-refractivity contribution >= 4 is 28.5 Å². The van der Waals surface area contributed by atoms with E-state index in [9.17, 15) is 5.11 Å². The molecule has 5 nitrogen and oxygen atoms in total. The first kappa shape index (κ1) is 14.9. The van der Waals surface area contributed by atoms with Gasteiger partial charge in [0.05, 0.1) is 30.3 Å². The van der Waals surface area contributed by atoms with Crippen LogP contribution in [0.4, 0.5) is 5.82 Å². The molecule has 0 amide bonds. The van der Waals surface area contributed by atoms with Crippen LogP contribution in [0.1, 0.15) is 22.0 Å². The number of aryl methyl sites for hydroxylation is 2. The van der Waals surface area contributed by atoms with Gasteiger partial charge in [-0.25, -0.2) is 9.67 Å². The van der Waals surface area contributed by atoms with Crippen molar-refractivity contribution in [3.8, 4) is 10.6 Å². The average molecular weight is 346 g/mol. The number of hydrogen-bond acceptors (Lipinski definition) is 6. The van der Waals surface area contributed by atoms with E-state index in [1.54, 1.807) is 11.3 Å². The molecule has 1 aliphatic carbocycles. The highest BCUT2D eigenvalue weighted by Gasteiger charge is 2.17. The lowest BCUT2D eigenvalue weighted by molar-refractivity contribution is 0.270. The molecule has 7 heteroatoms. The van der Waals surface area contributed by atoms with E-state index in [2.05, 4.69) is 16.5 Å². The SMILES string of the molecule is OCCn1nc(-c2cccs2)cc1NCc1nc2c(s1)CCC2. The van der Waals surface area contributed by atoms with Crippen molar-refractivity contribution in [1.82, 2.24) is 14.8 Å². The molecular weight excluding hydrogens is 328 g/mol. The number of nitrogens with zero attached hydrogens (tertiary/aromatic N) is 3. The molecule has 4 rings (SSSR count). The molecule has 3 heterocycles. The van der Waals surface area contributed by atoms with Crippen LogP contribution < -0.4 is 5.32 Å². The van der Waals surface area contributed by atoms with Crippen LogP contribution in [0.3, 0.4) is 0 Å². The summed E-state index contributed by atoms with van der Waals surface area (Å²) in [6.45, 7) is 1.27. The molecule has 0 radical (unpaired) electrons. The Morgan fingerprint density at radius 1 is 1.35 bits per heavy atom. The third kappa shape index (κ3) is 3.04. The molecule has 0 saturated carbocycles. The molecule has 1 aliphatic rings. The summed E-state index contributed by atoms with van der Waals surface area (Å²) in [4.78, 5) is 7.30. The van der Waals surface area contributed by atoms with E-state index in [0.29, 0.717) is 13.1 Å². The maximum Gasteiger partial charge on any atom is 0.125 e. The average Bonchev–Trinajstić information content (AvgIpc) is 3.29. The molecule has 3 aromatic rings. The minimum Gasteiger partial charge on any atom is -0.394 e. The second-order valence-corrected chi connectivity index (χ2v) is 7.64. The van der Waals surface area contributed by atoms with Crippen molar-refractivity contribution in [1.29, 1.82) is 0 Å². The minimum atomic E-state index is 0.0752. The number of aromatic nitrogens is 3. The van der Waals surface area contributed by atoms with Crippen LogP contribution in [-0.2, 0) is 25.9 Å². The fourth-order valence-electron chi connectivity index (χ4n) is 2.85. The van der Waals surface area contributed by atoms with Crippen LogP contribution in [-0.4, -0.2) is 26.5 Å². The van der Waals surface area contributed by atoms with Gasteiger partial charge in [-0.1, -0.05) is 6.07 Å². The van der Waals surface area contributed by atoms with E-state index in [4.69, 9.17) is 4.98 Å². The Labute approximate surface area is 142 Å². The normalized spacial score (nSPS) is 13.4. The van der Waals surface area contributed by atoms with Gasteiger partial charge in [0.25, 0.3) is 0 Å². The van der Waals surface area contributed by atoms with Gasteiger partial charge in [-0.05, 0) is 30.7 Å². The Morgan fingerprint density at radius 3 is 3.09 bits per heavy atom. The van der Waals surface area contributed by atoms with Gasteiger partial charge in [-0.15, -0.1) is 22.7 Å². The third-order valence-corrected chi connectivity index (χ3v) is 5.98. The number of hydrogen-bond donors (Lipinski definition) is 2. The number of aliphatic hydroxyl groups is 1. The van der Waals surface area contributed by atoms with Crippen LogP contribution in [0.15, 0.2) is 23.6 Å². The van der Waals surface area contributed by atoms with Crippen molar-refractivity contribution in [2.24, 2.45) is 0 Å². The zero-order chi connectivity index (χ0) is 15.6. The van der Waals surface area contributed by atoms with Crippen LogP contribution in [0, 0.1) is 0 Å². The maximum atomic E-state index is 9.25. The minimum absolute atomic E-state index is 0.0752. The summed E-state index contributed by atoms with van der Waals surface area (Å²) in [6, 6.07) is 6.13. The molecular formula is C16H18N4OS2. The predicted octanol–water partition coefficient (Wildman–Crippen LogP) is 3.16. The maximum absolute atomic E-state index is 9.25. The summed E-state index contributed by atoms with van der Waals surface area (Å²) in [7, 11) is 0. The highest BCUT2D eigenvalue weighted by Crippen LogP contribution is 2.29. The van der Waals surface area contributed by atoms with E-state index >= 15 is 0 Å². The van der Waals surface area contributed by atoms with Gasteiger partial charge in [0.15, 0.2) is 0 Å².